The summed E-state index contributed by atoms with van der Waals surface area (Å²) >= 11 is 3.34. The molecule has 0 aromatic carbocycles. The van der Waals surface area contributed by atoms with Crippen LogP contribution in [0.15, 0.2) is 22.9 Å². The molecule has 1 aromatic rings. The molecule has 2 atom stereocenters. The molecule has 1 aromatic heterocycles. The van der Waals surface area contributed by atoms with Crippen molar-refractivity contribution in [1.82, 2.24) is 15.8 Å². The third-order valence-corrected chi connectivity index (χ3v) is 2.45. The number of hydrogen-bond donors (Lipinski definition) is 2. The number of ether oxygens (including phenoxy) is 1. The zero-order valence-electron chi connectivity index (χ0n) is 7.83. The van der Waals surface area contributed by atoms with Crippen molar-refractivity contribution in [1.29, 1.82) is 0 Å². The third-order valence-electron chi connectivity index (χ3n) is 2.02. The fourth-order valence-corrected chi connectivity index (χ4v) is 1.72. The van der Waals surface area contributed by atoms with Crippen molar-refractivity contribution in [3.63, 3.8) is 0 Å². The molecule has 2 heterocycles. The highest BCUT2D eigenvalue weighted by Gasteiger charge is 2.21. The summed E-state index contributed by atoms with van der Waals surface area (Å²) in [5.74, 6) is 0.771. The van der Waals surface area contributed by atoms with Crippen molar-refractivity contribution in [2.75, 3.05) is 0 Å². The number of aromatic nitrogens is 1. The summed E-state index contributed by atoms with van der Waals surface area (Å²) in [5, 5.41) is 0. The van der Waals surface area contributed by atoms with Gasteiger partial charge in [-0.3, -0.25) is 10.4 Å². The smallest absolute Gasteiger partial charge is 0.164 e. The van der Waals surface area contributed by atoms with Crippen LogP contribution in [-0.4, -0.2) is 17.3 Å². The van der Waals surface area contributed by atoms with Gasteiger partial charge in [0.1, 0.15) is 5.75 Å². The zero-order valence-corrected chi connectivity index (χ0v) is 9.41. The molecular weight excluding hydrogens is 246 g/mol. The molecule has 0 saturated carbocycles. The minimum absolute atomic E-state index is 0.0288. The molecule has 2 rings (SSSR count). The molecule has 76 valence electrons. The Balaban J connectivity index is 1.97. The Labute approximate surface area is 91.2 Å². The van der Waals surface area contributed by atoms with E-state index in [9.17, 15) is 0 Å². The van der Waals surface area contributed by atoms with Crippen molar-refractivity contribution < 1.29 is 4.74 Å². The van der Waals surface area contributed by atoms with E-state index in [1.807, 2.05) is 6.07 Å². The molecule has 0 spiro atoms. The van der Waals surface area contributed by atoms with Crippen LogP contribution in [0.4, 0.5) is 0 Å². The summed E-state index contributed by atoms with van der Waals surface area (Å²) in [6, 6.07) is 2.35. The molecule has 1 fully saturated rings. The van der Waals surface area contributed by atoms with Crippen molar-refractivity contribution in [3.8, 4) is 5.75 Å². The van der Waals surface area contributed by atoms with E-state index in [1.165, 1.54) is 0 Å². The van der Waals surface area contributed by atoms with Gasteiger partial charge in [-0.2, -0.15) is 0 Å². The van der Waals surface area contributed by atoms with Gasteiger partial charge < -0.3 is 4.74 Å². The van der Waals surface area contributed by atoms with Gasteiger partial charge in [-0.25, -0.2) is 5.43 Å². The average Bonchev–Trinajstić information content (AvgIpc) is 2.51. The van der Waals surface area contributed by atoms with E-state index in [0.717, 1.165) is 16.6 Å². The van der Waals surface area contributed by atoms with Crippen LogP contribution in [0.1, 0.15) is 13.3 Å². The normalized spacial score (nSPS) is 26.4. The first kappa shape index (κ1) is 9.89. The van der Waals surface area contributed by atoms with Gasteiger partial charge >= 0.3 is 0 Å². The van der Waals surface area contributed by atoms with Crippen LogP contribution in [0.25, 0.3) is 0 Å². The van der Waals surface area contributed by atoms with Crippen LogP contribution in [-0.2, 0) is 0 Å². The molecule has 1 saturated heterocycles. The highest BCUT2D eigenvalue weighted by Crippen LogP contribution is 2.18. The molecule has 0 amide bonds. The highest BCUT2D eigenvalue weighted by atomic mass is 79.9. The lowest BCUT2D eigenvalue weighted by Gasteiger charge is -2.12. The van der Waals surface area contributed by atoms with Crippen molar-refractivity contribution in [2.24, 2.45) is 0 Å². The van der Waals surface area contributed by atoms with Gasteiger partial charge in [0.15, 0.2) is 6.23 Å². The maximum absolute atomic E-state index is 5.66. The van der Waals surface area contributed by atoms with Crippen molar-refractivity contribution in [2.45, 2.75) is 25.6 Å². The van der Waals surface area contributed by atoms with E-state index in [4.69, 9.17) is 4.74 Å². The highest BCUT2D eigenvalue weighted by molar-refractivity contribution is 9.10. The van der Waals surface area contributed by atoms with Gasteiger partial charge in [-0.05, 0) is 28.9 Å². The monoisotopic (exact) mass is 257 g/mol. The van der Waals surface area contributed by atoms with Gasteiger partial charge in [0.05, 0.1) is 6.20 Å². The second kappa shape index (κ2) is 4.25. The molecule has 14 heavy (non-hydrogen) atoms. The van der Waals surface area contributed by atoms with Gasteiger partial charge in [0, 0.05) is 23.1 Å². The lowest BCUT2D eigenvalue weighted by atomic mass is 10.2. The summed E-state index contributed by atoms with van der Waals surface area (Å²) in [6.45, 7) is 2.11. The Morgan fingerprint density at radius 3 is 3.00 bits per heavy atom. The number of hydrogen-bond acceptors (Lipinski definition) is 4. The van der Waals surface area contributed by atoms with E-state index in [2.05, 4.69) is 38.7 Å². The maximum Gasteiger partial charge on any atom is 0.164 e. The Hall–Kier alpha value is -0.650. The fourth-order valence-electron chi connectivity index (χ4n) is 1.37. The van der Waals surface area contributed by atoms with Crippen molar-refractivity contribution in [3.05, 3.63) is 22.9 Å². The third kappa shape index (κ3) is 2.43. The van der Waals surface area contributed by atoms with E-state index in [0.29, 0.717) is 6.04 Å². The van der Waals surface area contributed by atoms with Gasteiger partial charge in [0.2, 0.25) is 0 Å². The zero-order chi connectivity index (χ0) is 9.97. The minimum Gasteiger partial charge on any atom is -0.472 e. The van der Waals surface area contributed by atoms with Gasteiger partial charge in [0.25, 0.3) is 0 Å². The summed E-state index contributed by atoms with van der Waals surface area (Å²) < 4.78 is 6.59. The molecule has 1 aliphatic heterocycles. The summed E-state index contributed by atoms with van der Waals surface area (Å²) in [5.41, 5.74) is 6.16. The summed E-state index contributed by atoms with van der Waals surface area (Å²) in [4.78, 5) is 4.03. The van der Waals surface area contributed by atoms with Crippen LogP contribution in [0.3, 0.4) is 0 Å². The van der Waals surface area contributed by atoms with E-state index < -0.39 is 0 Å². The largest absolute Gasteiger partial charge is 0.472 e. The Kier molecular flexibility index (Phi) is 3.00. The van der Waals surface area contributed by atoms with Crippen LogP contribution < -0.4 is 15.6 Å². The molecule has 0 radical (unpaired) electrons. The fraction of sp³-hybridized carbons (Fsp3) is 0.444. The molecule has 1 aliphatic rings. The molecule has 2 unspecified atom stereocenters. The molecule has 5 heteroatoms. The topological polar surface area (TPSA) is 46.2 Å². The van der Waals surface area contributed by atoms with Crippen LogP contribution in [0.2, 0.25) is 0 Å². The van der Waals surface area contributed by atoms with E-state index >= 15 is 0 Å². The van der Waals surface area contributed by atoms with Crippen molar-refractivity contribution >= 4 is 15.9 Å². The lowest BCUT2D eigenvalue weighted by Crippen LogP contribution is -2.35. The van der Waals surface area contributed by atoms with E-state index in [-0.39, 0.29) is 6.23 Å². The molecule has 0 bridgehead atoms. The van der Waals surface area contributed by atoms with Crippen LogP contribution >= 0.6 is 15.9 Å². The minimum atomic E-state index is 0.0288. The molecule has 2 N–H and O–H groups in total. The summed E-state index contributed by atoms with van der Waals surface area (Å²) in [7, 11) is 0. The average molecular weight is 258 g/mol. The predicted octanol–water partition coefficient (Wildman–Crippen LogP) is 1.44. The van der Waals surface area contributed by atoms with Crippen LogP contribution in [0, 0.1) is 0 Å². The maximum atomic E-state index is 5.66. The molecular formula is C9H12BrN3O. The Morgan fingerprint density at radius 1 is 1.50 bits per heavy atom. The predicted molar refractivity (Wildman–Crippen MR) is 56.7 cm³/mol. The number of rotatable bonds is 2. The summed E-state index contributed by atoms with van der Waals surface area (Å²) in [6.07, 6.45) is 4.42. The number of pyridine rings is 1. The number of nitrogens with zero attached hydrogens (tertiary/aromatic N) is 1. The van der Waals surface area contributed by atoms with Gasteiger partial charge in [-0.15, -0.1) is 0 Å². The Morgan fingerprint density at radius 2 is 2.36 bits per heavy atom. The lowest BCUT2D eigenvalue weighted by molar-refractivity contribution is 0.179. The van der Waals surface area contributed by atoms with Crippen LogP contribution in [0.5, 0.6) is 5.75 Å². The molecule has 4 nitrogen and oxygen atoms in total. The SMILES string of the molecule is CC1CC(Oc2cncc(Br)c2)NN1. The van der Waals surface area contributed by atoms with Gasteiger partial charge in [-0.1, -0.05) is 0 Å². The second-order valence-electron chi connectivity index (χ2n) is 3.37. The second-order valence-corrected chi connectivity index (χ2v) is 4.29. The number of halogens is 1. The van der Waals surface area contributed by atoms with E-state index in [1.54, 1.807) is 12.4 Å². The first-order chi connectivity index (χ1) is 6.74. The first-order valence-corrected chi connectivity index (χ1v) is 5.31. The quantitative estimate of drug-likeness (QED) is 0.842. The Bertz CT molecular complexity index is 321. The first-order valence-electron chi connectivity index (χ1n) is 4.52. The number of nitrogens with one attached hydrogen (secondary N) is 2. The number of hydrazine groups is 1. The standard InChI is InChI=1S/C9H12BrN3O/c1-6-2-9(13-12-6)14-8-3-7(10)4-11-5-8/h3-6,9,12-13H,2H2,1H3. The molecule has 0 aliphatic carbocycles.